The van der Waals surface area contributed by atoms with Crippen LogP contribution in [0.4, 0.5) is 0 Å². The van der Waals surface area contributed by atoms with Crippen LogP contribution >= 0.6 is 11.9 Å². The first-order valence-corrected chi connectivity index (χ1v) is 8.67. The van der Waals surface area contributed by atoms with Gasteiger partial charge in [0, 0.05) is 12.3 Å². The highest BCUT2D eigenvalue weighted by atomic mass is 32.2. The molecule has 1 aliphatic heterocycles. The summed E-state index contributed by atoms with van der Waals surface area (Å²) in [5.41, 5.74) is 5.39. The van der Waals surface area contributed by atoms with E-state index in [2.05, 4.69) is 35.1 Å². The SMILES string of the molecule is c1ccc(Oc2ccc(-c3cccc4c3CSNC4)cc2)cc1. The Morgan fingerprint density at radius 1 is 0.783 bits per heavy atom. The van der Waals surface area contributed by atoms with Gasteiger partial charge >= 0.3 is 0 Å². The Morgan fingerprint density at radius 3 is 2.39 bits per heavy atom. The zero-order valence-corrected chi connectivity index (χ0v) is 13.5. The fourth-order valence-electron chi connectivity index (χ4n) is 2.82. The van der Waals surface area contributed by atoms with Crippen molar-refractivity contribution in [2.45, 2.75) is 12.3 Å². The van der Waals surface area contributed by atoms with Gasteiger partial charge in [-0.15, -0.1) is 0 Å². The number of para-hydroxylation sites is 1. The topological polar surface area (TPSA) is 21.3 Å². The predicted octanol–water partition coefficient (Wildman–Crippen LogP) is 5.40. The maximum absolute atomic E-state index is 5.87. The van der Waals surface area contributed by atoms with Gasteiger partial charge in [-0.3, -0.25) is 4.72 Å². The average Bonchev–Trinajstić information content (AvgIpc) is 2.63. The molecule has 0 aliphatic carbocycles. The molecule has 3 heteroatoms. The summed E-state index contributed by atoms with van der Waals surface area (Å²) in [5.74, 6) is 2.73. The molecule has 1 heterocycles. The molecule has 0 radical (unpaired) electrons. The minimum Gasteiger partial charge on any atom is -0.457 e. The van der Waals surface area contributed by atoms with Crippen LogP contribution in [0.3, 0.4) is 0 Å². The quantitative estimate of drug-likeness (QED) is 0.653. The van der Waals surface area contributed by atoms with E-state index in [0.717, 1.165) is 23.8 Å². The molecule has 3 aromatic carbocycles. The van der Waals surface area contributed by atoms with E-state index >= 15 is 0 Å². The molecule has 2 nitrogen and oxygen atoms in total. The Balaban J connectivity index is 1.61. The minimum absolute atomic E-state index is 0.861. The Kier molecular flexibility index (Phi) is 4.05. The minimum atomic E-state index is 0.861. The first-order chi connectivity index (χ1) is 11.4. The molecule has 0 fully saturated rings. The van der Waals surface area contributed by atoms with Crippen LogP contribution in [0.15, 0.2) is 72.8 Å². The Morgan fingerprint density at radius 2 is 1.57 bits per heavy atom. The molecular weight excluding hydrogens is 302 g/mol. The molecule has 0 bridgehead atoms. The highest BCUT2D eigenvalue weighted by Gasteiger charge is 2.14. The van der Waals surface area contributed by atoms with E-state index in [0.29, 0.717) is 0 Å². The van der Waals surface area contributed by atoms with Gasteiger partial charge in [0.2, 0.25) is 0 Å². The third-order valence-electron chi connectivity index (χ3n) is 4.00. The van der Waals surface area contributed by atoms with Gasteiger partial charge in [-0.25, -0.2) is 0 Å². The number of nitrogens with one attached hydrogen (secondary N) is 1. The van der Waals surface area contributed by atoms with Crippen molar-refractivity contribution >= 4 is 11.9 Å². The molecule has 23 heavy (non-hydrogen) atoms. The number of rotatable bonds is 3. The van der Waals surface area contributed by atoms with Gasteiger partial charge in [-0.1, -0.05) is 60.5 Å². The zero-order valence-electron chi connectivity index (χ0n) is 12.7. The number of fused-ring (bicyclic) bond motifs is 1. The van der Waals surface area contributed by atoms with Gasteiger partial charge in [0.1, 0.15) is 11.5 Å². The summed E-state index contributed by atoms with van der Waals surface area (Å²) in [4.78, 5) is 0. The van der Waals surface area contributed by atoms with E-state index in [-0.39, 0.29) is 0 Å². The standard InChI is InChI=1S/C20H17NOS/c1-2-6-17(7-3-1)22-18-11-9-15(10-12-18)19-8-4-5-16-13-21-23-14-20(16)19/h1-12,21H,13-14H2. The van der Waals surface area contributed by atoms with Crippen molar-refractivity contribution in [3.63, 3.8) is 0 Å². The maximum Gasteiger partial charge on any atom is 0.127 e. The first-order valence-electron chi connectivity index (χ1n) is 7.69. The van der Waals surface area contributed by atoms with Crippen LogP contribution in [0, 0.1) is 0 Å². The van der Waals surface area contributed by atoms with E-state index in [1.807, 2.05) is 42.5 Å². The lowest BCUT2D eigenvalue weighted by molar-refractivity contribution is 0.483. The molecule has 3 aromatic rings. The summed E-state index contributed by atoms with van der Waals surface area (Å²) >= 11 is 1.78. The normalized spacial score (nSPS) is 13.4. The molecule has 0 unspecified atom stereocenters. The molecular formula is C20H17NOS. The van der Waals surface area contributed by atoms with Crippen LogP contribution in [0.25, 0.3) is 11.1 Å². The smallest absolute Gasteiger partial charge is 0.127 e. The van der Waals surface area contributed by atoms with Crippen LogP contribution in [-0.4, -0.2) is 0 Å². The van der Waals surface area contributed by atoms with Crippen molar-refractivity contribution in [1.29, 1.82) is 0 Å². The monoisotopic (exact) mass is 319 g/mol. The fourth-order valence-corrected chi connectivity index (χ4v) is 3.67. The molecule has 0 atom stereocenters. The molecule has 0 spiro atoms. The van der Waals surface area contributed by atoms with Gasteiger partial charge in [-0.2, -0.15) is 0 Å². The second-order valence-corrected chi connectivity index (χ2v) is 6.36. The molecule has 114 valence electrons. The van der Waals surface area contributed by atoms with Crippen molar-refractivity contribution in [2.75, 3.05) is 0 Å². The third kappa shape index (κ3) is 3.11. The van der Waals surface area contributed by atoms with Crippen LogP contribution in [-0.2, 0) is 12.3 Å². The lowest BCUT2D eigenvalue weighted by Crippen LogP contribution is -2.12. The maximum atomic E-state index is 5.87. The zero-order chi connectivity index (χ0) is 15.5. The van der Waals surface area contributed by atoms with Gasteiger partial charge in [0.25, 0.3) is 0 Å². The largest absolute Gasteiger partial charge is 0.457 e. The number of hydrogen-bond donors (Lipinski definition) is 1. The summed E-state index contributed by atoms with van der Waals surface area (Å²) in [6, 6.07) is 24.8. The van der Waals surface area contributed by atoms with Crippen molar-refractivity contribution in [3.05, 3.63) is 83.9 Å². The van der Waals surface area contributed by atoms with Gasteiger partial charge in [0.05, 0.1) is 0 Å². The number of ether oxygens (including phenoxy) is 1. The summed E-state index contributed by atoms with van der Waals surface area (Å²) in [6.45, 7) is 0.934. The second-order valence-electron chi connectivity index (χ2n) is 5.49. The van der Waals surface area contributed by atoms with Crippen LogP contribution in [0.1, 0.15) is 11.1 Å². The number of benzene rings is 3. The molecule has 1 aliphatic rings. The summed E-state index contributed by atoms with van der Waals surface area (Å²) in [7, 11) is 0. The highest BCUT2D eigenvalue weighted by Crippen LogP contribution is 2.33. The Bertz CT molecular complexity index is 800. The average molecular weight is 319 g/mol. The van der Waals surface area contributed by atoms with E-state index in [1.54, 1.807) is 11.9 Å². The van der Waals surface area contributed by atoms with E-state index in [1.165, 1.54) is 22.3 Å². The van der Waals surface area contributed by atoms with Crippen molar-refractivity contribution in [2.24, 2.45) is 0 Å². The molecule has 0 saturated carbocycles. The summed E-state index contributed by atoms with van der Waals surface area (Å²) in [5, 5.41) is 0. The van der Waals surface area contributed by atoms with Crippen LogP contribution in [0.5, 0.6) is 11.5 Å². The first kappa shape index (κ1) is 14.4. The molecule has 0 saturated heterocycles. The lowest BCUT2D eigenvalue weighted by atomic mass is 9.96. The Hall–Kier alpha value is -2.23. The third-order valence-corrected chi connectivity index (χ3v) is 4.78. The van der Waals surface area contributed by atoms with E-state index in [4.69, 9.17) is 4.74 Å². The van der Waals surface area contributed by atoms with Gasteiger partial charge < -0.3 is 4.74 Å². The molecule has 4 rings (SSSR count). The van der Waals surface area contributed by atoms with Gasteiger partial charge in [-0.05, 0) is 46.5 Å². The van der Waals surface area contributed by atoms with Gasteiger partial charge in [0.15, 0.2) is 0 Å². The van der Waals surface area contributed by atoms with Crippen LogP contribution < -0.4 is 9.46 Å². The highest BCUT2D eigenvalue weighted by molar-refractivity contribution is 7.96. The van der Waals surface area contributed by atoms with Crippen molar-refractivity contribution in [1.82, 2.24) is 4.72 Å². The van der Waals surface area contributed by atoms with E-state index in [9.17, 15) is 0 Å². The van der Waals surface area contributed by atoms with Crippen molar-refractivity contribution in [3.8, 4) is 22.6 Å². The van der Waals surface area contributed by atoms with Crippen molar-refractivity contribution < 1.29 is 4.74 Å². The molecule has 1 N–H and O–H groups in total. The fraction of sp³-hybridized carbons (Fsp3) is 0.100. The Labute approximate surface area is 140 Å². The second kappa shape index (κ2) is 6.49. The molecule has 0 aromatic heterocycles. The van der Waals surface area contributed by atoms with Crippen LogP contribution in [0.2, 0.25) is 0 Å². The molecule has 0 amide bonds. The summed E-state index contributed by atoms with van der Waals surface area (Å²) < 4.78 is 9.22. The predicted molar refractivity (Wildman–Crippen MR) is 96.5 cm³/mol. The van der Waals surface area contributed by atoms with E-state index < -0.39 is 0 Å². The lowest BCUT2D eigenvalue weighted by Gasteiger charge is -2.20. The number of hydrogen-bond acceptors (Lipinski definition) is 3. The summed E-state index contributed by atoms with van der Waals surface area (Å²) in [6.07, 6.45) is 0.